The Morgan fingerprint density at radius 2 is 0.516 bits per heavy atom. The predicted molar refractivity (Wildman–Crippen MR) is 637 cm³/mol. The van der Waals surface area contributed by atoms with Crippen molar-refractivity contribution in [3.63, 3.8) is 0 Å². The summed E-state index contributed by atoms with van der Waals surface area (Å²) in [7, 11) is -12.1. The lowest BCUT2D eigenvalue weighted by atomic mass is 10.4. The average molecular weight is 1980 g/mol. The fraction of sp³-hybridized carbons (Fsp3) is 0.600. The minimum Gasteiger partial charge on any atom is -0.368 e. The lowest BCUT2D eigenvalue weighted by Crippen LogP contribution is -2.69. The van der Waals surface area contributed by atoms with E-state index < -0.39 is 117 Å². The number of nitrogens with zero attached hydrogens (tertiary/aromatic N) is 12. The highest BCUT2D eigenvalue weighted by atomic mass is 28.5. The zero-order valence-electron chi connectivity index (χ0n) is 91.3. The van der Waals surface area contributed by atoms with Gasteiger partial charge in [0.05, 0.1) is 17.9 Å². The van der Waals surface area contributed by atoms with E-state index in [1.165, 1.54) is 30.2 Å². The van der Waals surface area contributed by atoms with Gasteiger partial charge in [-0.05, 0) is 76.5 Å². The first-order valence-electron chi connectivity index (χ1n) is 46.7. The maximum Gasteiger partial charge on any atom is 0.201 e. The smallest absolute Gasteiger partial charge is 0.201 e. The summed E-state index contributed by atoms with van der Waals surface area (Å²) in [5.41, 5.74) is 0. The molecule has 0 aromatic carbocycles. The van der Waals surface area contributed by atoms with Crippen LogP contribution in [0.1, 0.15) is 13.8 Å². The molecular weight excluding hydrogens is 1760 g/mol. The monoisotopic (exact) mass is 1980 g/mol. The van der Waals surface area contributed by atoms with Gasteiger partial charge in [0.2, 0.25) is 16.8 Å². The molecule has 0 amide bonds. The molecule has 0 radical (unpaired) electrons. The van der Waals surface area contributed by atoms with Crippen molar-refractivity contribution in [1.29, 1.82) is 0 Å². The zero-order valence-corrected chi connectivity index (χ0v) is 106. The molecule has 0 saturated carbocycles. The normalized spacial score (nSPS) is 13.5. The highest BCUT2D eigenvalue weighted by Crippen LogP contribution is 2.37. The summed E-state index contributed by atoms with van der Waals surface area (Å²) >= 11 is 0. The summed E-state index contributed by atoms with van der Waals surface area (Å²) in [5.74, 6) is 0. The van der Waals surface area contributed by atoms with Crippen LogP contribution >= 0.6 is 0 Å². The van der Waals surface area contributed by atoms with Gasteiger partial charge in [-0.25, -0.2) is 0 Å². The maximum atomic E-state index is 3.93. The number of hydrogen-bond donors (Lipinski definition) is 0. The molecule has 1 rings (SSSR count). The first-order chi connectivity index (χ1) is 57.5. The lowest BCUT2D eigenvalue weighted by molar-refractivity contribution is 0.373. The van der Waals surface area contributed by atoms with E-state index in [-0.39, 0.29) is 0 Å². The predicted octanol–water partition coefficient (Wildman–Crippen LogP) is 27.5. The van der Waals surface area contributed by atoms with Gasteiger partial charge in [-0.3, -0.25) is 4.90 Å². The Morgan fingerprint density at radius 3 is 0.667 bits per heavy atom. The molecule has 0 aromatic heterocycles. The van der Waals surface area contributed by atoms with E-state index in [1.54, 1.807) is 0 Å². The van der Waals surface area contributed by atoms with E-state index in [4.69, 9.17) is 0 Å². The summed E-state index contributed by atoms with van der Waals surface area (Å²) in [6, 6.07) is 7.22. The van der Waals surface area contributed by atoms with Crippen LogP contribution in [0.15, 0.2) is 253 Å². The third-order valence-electron chi connectivity index (χ3n) is 21.6. The van der Waals surface area contributed by atoms with Crippen molar-refractivity contribution in [2.75, 3.05) is 125 Å². The van der Waals surface area contributed by atoms with E-state index in [0.717, 1.165) is 111 Å². The summed E-state index contributed by atoms with van der Waals surface area (Å²) in [4.78, 5) is 4.25. The molecule has 12 nitrogen and oxygen atoms in total. The Labute approximate surface area is 808 Å². The number of rotatable bonds is 55. The molecule has 0 N–H and O–H groups in total. The molecule has 1 aliphatic heterocycles. The molecular formula is C100H218N12Si14. The van der Waals surface area contributed by atoms with Gasteiger partial charge in [-0.1, -0.05) is 325 Å². The first-order valence-corrected chi connectivity index (χ1v) is 91.2. The second-order valence-electron chi connectivity index (χ2n) is 42.7. The van der Waals surface area contributed by atoms with Crippen molar-refractivity contribution >= 4 is 117 Å². The van der Waals surface area contributed by atoms with Gasteiger partial charge < -0.3 is 48.5 Å². The van der Waals surface area contributed by atoms with Gasteiger partial charge >= 0.3 is 0 Å². The van der Waals surface area contributed by atoms with E-state index in [2.05, 4.69) is 439 Å². The van der Waals surface area contributed by atoms with Crippen molar-refractivity contribution in [2.45, 2.75) is 266 Å². The molecule has 0 aliphatic carbocycles. The van der Waals surface area contributed by atoms with Crippen molar-refractivity contribution in [3.05, 3.63) is 253 Å². The van der Waals surface area contributed by atoms with Crippen LogP contribution in [-0.4, -0.2) is 302 Å². The minimum absolute atomic E-state index is 0.537. The summed E-state index contributed by atoms with van der Waals surface area (Å²) in [6.07, 6.45) is 39.6. The molecule has 0 atom stereocenters. The first kappa shape index (κ1) is 141. The quantitative estimate of drug-likeness (QED) is 0.0430. The highest BCUT2D eigenvalue weighted by Gasteiger charge is 2.47. The molecule has 0 unspecified atom stereocenters. The van der Waals surface area contributed by atoms with E-state index in [1.807, 2.05) is 111 Å². The van der Waals surface area contributed by atoms with Gasteiger partial charge in [0, 0.05) is 111 Å². The zero-order chi connectivity index (χ0) is 101. The van der Waals surface area contributed by atoms with Crippen LogP contribution < -0.4 is 0 Å². The van der Waals surface area contributed by atoms with E-state index in [0.29, 0.717) is 6.04 Å². The molecule has 0 aromatic rings. The Morgan fingerprint density at radius 1 is 0.286 bits per heavy atom. The maximum absolute atomic E-state index is 3.93. The molecule has 0 spiro atoms. The topological polar surface area (TPSA) is 38.9 Å². The van der Waals surface area contributed by atoms with Crippen LogP contribution in [0.3, 0.4) is 0 Å². The molecule has 126 heavy (non-hydrogen) atoms. The molecule has 1 saturated heterocycles. The summed E-state index contributed by atoms with van der Waals surface area (Å²) in [6.45, 7) is 177. The second kappa shape index (κ2) is 73.7. The van der Waals surface area contributed by atoms with Crippen LogP contribution in [0.2, 0.25) is 246 Å². The Balaban J connectivity index is -0.000000174. The molecule has 734 valence electrons. The molecule has 1 aliphatic rings. The fourth-order valence-electron chi connectivity index (χ4n) is 17.3. The van der Waals surface area contributed by atoms with E-state index >= 15 is 0 Å². The third-order valence-corrected chi connectivity index (χ3v) is 82.9. The number of likely N-dealkylation sites (N-methyl/N-ethyl adjacent to an activating group) is 1. The van der Waals surface area contributed by atoms with Gasteiger partial charge in [0.25, 0.3) is 0 Å². The van der Waals surface area contributed by atoms with Gasteiger partial charge in [0.1, 0.15) is 82.4 Å². The van der Waals surface area contributed by atoms with Gasteiger partial charge in [-0.2, -0.15) is 0 Å². The van der Waals surface area contributed by atoms with Gasteiger partial charge in [0.15, 0.2) is 0 Å². The van der Waals surface area contributed by atoms with Gasteiger partial charge in [-0.15, -0.1) is 132 Å². The van der Waals surface area contributed by atoms with Crippen molar-refractivity contribution in [3.8, 4) is 0 Å². The fourth-order valence-corrected chi connectivity index (χ4v) is 89.0. The Kier molecular flexibility index (Phi) is 82.6. The molecule has 26 heteroatoms. The van der Waals surface area contributed by atoms with Crippen molar-refractivity contribution < 1.29 is 0 Å². The van der Waals surface area contributed by atoms with Crippen molar-refractivity contribution in [1.82, 2.24) is 53.4 Å². The largest absolute Gasteiger partial charge is 0.368 e. The summed E-state index contributed by atoms with van der Waals surface area (Å²) < 4.78 is 26.3. The van der Waals surface area contributed by atoms with Crippen LogP contribution in [-0.2, 0) is 0 Å². The van der Waals surface area contributed by atoms with Crippen molar-refractivity contribution in [2.24, 2.45) is 0 Å². The van der Waals surface area contributed by atoms with Crippen LogP contribution in [0.25, 0.3) is 0 Å². The van der Waals surface area contributed by atoms with Crippen LogP contribution in [0.4, 0.5) is 0 Å². The van der Waals surface area contributed by atoms with Crippen LogP contribution in [0, 0.1) is 0 Å². The number of allylic oxidation sites excluding steroid dienone is 3. The lowest BCUT2D eigenvalue weighted by Gasteiger charge is -2.52. The third kappa shape index (κ3) is 65.9. The average Bonchev–Trinajstić information content (AvgIpc) is 1.48. The van der Waals surface area contributed by atoms with Crippen LogP contribution in [0.5, 0.6) is 0 Å². The molecule has 1 fully saturated rings. The molecule has 0 bridgehead atoms. The molecule has 1 heterocycles. The second-order valence-corrected chi connectivity index (χ2v) is 107. The summed E-state index contributed by atoms with van der Waals surface area (Å²) in [5, 5.41) is 0. The minimum atomic E-state index is -1.66. The SMILES string of the molecule is C=CCN(C)C.C=CCN(CC=C)CC=C.C=CCN(CC=C)[Si](C)(C)C.C=CCN(CC=C)[Si](C)(C)N(CC=C)CC=C.C=CCN(CC=C)[Si](C)(C)N(CC=C)CC=C.C=CCN([SiH](C)C)[SiH](C)C.C=CCN([Si](C)(C)C)[Si](C)(C)C.C=CCN1[Si](C)(C)CC[Si]1(C)C.C=CC[Si](C)(C)N(C(C)C)[Si](C)(C)CC=C.C=CC[Si](C)(C)N([Si](C)(C)C)[Si](C)(C)C. The highest BCUT2D eigenvalue weighted by molar-refractivity contribution is 7.04. The number of hydrogen-bond acceptors (Lipinski definition) is 12. The van der Waals surface area contributed by atoms with E-state index in [9.17, 15) is 0 Å². The standard InChI is InChI=1S/2C14H26N2Si.C13H29NSi2.C11H29NSi3.C9H21NSi2.C9H23NSi2.C9H19NSi.C9H15N.C7H19NSi2.C5H11N/c2*1-7-11-15(12-8-2)17(5,6)16(13-9-3)14-10-4;1-9-11-15(5,6)14(13(3)4)16(7,8)12-10-2;1-10-11-15(8,9)12(13(2,3)4)14(5,6)7;1-6-7-10-11(2,3)8-9-12(10,4)5;1-8-9-10(11(2,3)4)12(5,6)7;1-6-8-10(9-7-2)11(3,4)5;1-4-7-10(8-5-2)9-6-3;1-6-7-8(9(2)3)10(4)5;1-4-5-6(2)3/h2*7-10H,1-4,11-14H2,5-6H3;9-10,13H,1-2,11-12H2,3-8H3;10H,1,11H2,2-9H3;6H,1,7-9H2,2-5H3;8H,1,9H2,2-7H3;6-7H,1-2,8-9H2,3-5H3;4-6H,1-3,7-9H2;6,9-10H,1,7H2,2-5H3;4H,1,5H2,2-3H3. The Hall–Kier alpha value is -2.64. The Bertz CT molecular complexity index is 2770.